The third-order valence-electron chi connectivity index (χ3n) is 2.06. The fraction of sp³-hybridized carbons (Fsp3) is 0.200. The van der Waals surface area contributed by atoms with Crippen molar-refractivity contribution in [2.75, 3.05) is 17.6 Å². The van der Waals surface area contributed by atoms with Gasteiger partial charge in [-0.2, -0.15) is 4.98 Å². The molecule has 0 saturated carbocycles. The summed E-state index contributed by atoms with van der Waals surface area (Å²) in [7, 11) is 0. The average molecular weight is 289 g/mol. The molecule has 0 bridgehead atoms. The van der Waals surface area contributed by atoms with Gasteiger partial charge < -0.3 is 11.1 Å². The number of halogens is 2. The Balaban J connectivity index is 1.91. The first-order chi connectivity index (χ1) is 8.15. The summed E-state index contributed by atoms with van der Waals surface area (Å²) in [6.45, 7) is 0.715. The van der Waals surface area contributed by atoms with Gasteiger partial charge in [0.05, 0.1) is 10.5 Å². The van der Waals surface area contributed by atoms with Crippen LogP contribution in [0.4, 0.5) is 11.8 Å². The van der Waals surface area contributed by atoms with E-state index in [1.165, 1.54) is 11.1 Å². The van der Waals surface area contributed by atoms with Crippen LogP contribution in [-0.4, -0.2) is 16.5 Å². The van der Waals surface area contributed by atoms with Crippen LogP contribution in [0.2, 0.25) is 9.36 Å². The van der Waals surface area contributed by atoms with E-state index >= 15 is 0 Å². The Hall–Kier alpha value is -1.04. The average Bonchev–Trinajstić information content (AvgIpc) is 2.69. The molecule has 3 N–H and O–H groups in total. The van der Waals surface area contributed by atoms with Gasteiger partial charge in [0.1, 0.15) is 10.8 Å². The molecule has 17 heavy (non-hydrogen) atoms. The van der Waals surface area contributed by atoms with Crippen LogP contribution in [-0.2, 0) is 6.42 Å². The number of thiophene rings is 1. The number of hydrogen-bond acceptors (Lipinski definition) is 5. The van der Waals surface area contributed by atoms with Gasteiger partial charge in [-0.1, -0.05) is 23.2 Å². The zero-order valence-corrected chi connectivity index (χ0v) is 11.1. The van der Waals surface area contributed by atoms with E-state index in [2.05, 4.69) is 15.3 Å². The molecule has 4 nitrogen and oxygen atoms in total. The van der Waals surface area contributed by atoms with Gasteiger partial charge >= 0.3 is 0 Å². The van der Waals surface area contributed by atoms with Crippen molar-refractivity contribution in [1.82, 2.24) is 9.97 Å². The van der Waals surface area contributed by atoms with Crippen molar-refractivity contribution in [1.29, 1.82) is 0 Å². The Morgan fingerprint density at radius 3 is 2.88 bits per heavy atom. The van der Waals surface area contributed by atoms with Crippen molar-refractivity contribution in [3.8, 4) is 0 Å². The van der Waals surface area contributed by atoms with E-state index < -0.39 is 0 Å². The molecule has 90 valence electrons. The minimum absolute atomic E-state index is 0.205. The third kappa shape index (κ3) is 3.46. The largest absolute Gasteiger partial charge is 0.368 e. The highest BCUT2D eigenvalue weighted by Gasteiger charge is 2.03. The summed E-state index contributed by atoms with van der Waals surface area (Å²) in [4.78, 5) is 9.01. The Morgan fingerprint density at radius 2 is 2.18 bits per heavy atom. The lowest BCUT2D eigenvalue weighted by atomic mass is 10.3. The molecule has 0 radical (unpaired) electrons. The summed E-state index contributed by atoms with van der Waals surface area (Å²) in [6.07, 6.45) is 2.34. The first-order valence-corrected chi connectivity index (χ1v) is 6.48. The monoisotopic (exact) mass is 288 g/mol. The quantitative estimate of drug-likeness (QED) is 0.908. The number of aromatic nitrogens is 2. The molecule has 0 unspecified atom stereocenters. The molecule has 0 aliphatic rings. The predicted octanol–water partition coefficient (Wildman–Crippen LogP) is 3.08. The molecule has 0 spiro atoms. The van der Waals surface area contributed by atoms with Crippen molar-refractivity contribution in [2.45, 2.75) is 6.42 Å². The highest BCUT2D eigenvalue weighted by atomic mass is 35.5. The molecule has 0 aromatic carbocycles. The molecule has 0 amide bonds. The minimum atomic E-state index is 0.205. The number of hydrogen-bond donors (Lipinski definition) is 2. The smallest absolute Gasteiger partial charge is 0.222 e. The molecule has 0 fully saturated rings. The first kappa shape index (κ1) is 12.4. The van der Waals surface area contributed by atoms with Gasteiger partial charge in [-0.15, -0.1) is 11.3 Å². The standard InChI is InChI=1S/C10H10Cl2N4S/c11-7-5-15-10(13)16-9(7)14-4-3-6-1-2-8(12)17-6/h1-2,5H,3-4H2,(H3,13,14,15,16). The van der Waals surface area contributed by atoms with Gasteiger partial charge in [0.2, 0.25) is 5.95 Å². The molecular weight excluding hydrogens is 279 g/mol. The topological polar surface area (TPSA) is 63.8 Å². The van der Waals surface area contributed by atoms with Gasteiger partial charge in [0.15, 0.2) is 0 Å². The summed E-state index contributed by atoms with van der Waals surface area (Å²) in [6, 6.07) is 3.89. The molecule has 2 heterocycles. The fourth-order valence-electron chi connectivity index (χ4n) is 1.29. The molecule has 0 aliphatic carbocycles. The predicted molar refractivity (Wildman–Crippen MR) is 73.0 cm³/mol. The third-order valence-corrected chi connectivity index (χ3v) is 3.62. The van der Waals surface area contributed by atoms with Crippen molar-refractivity contribution in [3.05, 3.63) is 32.6 Å². The zero-order chi connectivity index (χ0) is 12.3. The van der Waals surface area contributed by atoms with Crippen molar-refractivity contribution in [3.63, 3.8) is 0 Å². The van der Waals surface area contributed by atoms with Crippen molar-refractivity contribution in [2.24, 2.45) is 0 Å². The van der Waals surface area contributed by atoms with Crippen LogP contribution < -0.4 is 11.1 Å². The zero-order valence-electron chi connectivity index (χ0n) is 8.78. The van der Waals surface area contributed by atoms with Gasteiger partial charge in [-0.25, -0.2) is 4.98 Å². The summed E-state index contributed by atoms with van der Waals surface area (Å²) in [5, 5.41) is 3.57. The summed E-state index contributed by atoms with van der Waals surface area (Å²) in [5.74, 6) is 0.762. The molecule has 2 aromatic heterocycles. The Kier molecular flexibility index (Phi) is 4.04. The molecule has 0 atom stereocenters. The summed E-state index contributed by atoms with van der Waals surface area (Å²) < 4.78 is 0.796. The highest BCUT2D eigenvalue weighted by molar-refractivity contribution is 7.16. The molecule has 0 saturated heterocycles. The van der Waals surface area contributed by atoms with Crippen LogP contribution in [0.3, 0.4) is 0 Å². The number of anilines is 2. The first-order valence-electron chi connectivity index (χ1n) is 4.91. The van der Waals surface area contributed by atoms with E-state index in [-0.39, 0.29) is 5.95 Å². The second kappa shape index (κ2) is 5.53. The van der Waals surface area contributed by atoms with E-state index in [4.69, 9.17) is 28.9 Å². The van der Waals surface area contributed by atoms with Crippen molar-refractivity contribution < 1.29 is 0 Å². The normalized spacial score (nSPS) is 10.5. The molecular formula is C10H10Cl2N4S. The number of nitrogens with zero attached hydrogens (tertiary/aromatic N) is 2. The lowest BCUT2D eigenvalue weighted by molar-refractivity contribution is 1.02. The minimum Gasteiger partial charge on any atom is -0.368 e. The van der Waals surface area contributed by atoms with Gasteiger partial charge in [-0.05, 0) is 18.6 Å². The SMILES string of the molecule is Nc1ncc(Cl)c(NCCc2ccc(Cl)s2)n1. The molecule has 2 aromatic rings. The highest BCUT2D eigenvalue weighted by Crippen LogP contribution is 2.22. The Bertz CT molecular complexity index is 515. The number of nitrogens with one attached hydrogen (secondary N) is 1. The van der Waals surface area contributed by atoms with Crippen LogP contribution in [0.1, 0.15) is 4.88 Å². The van der Waals surface area contributed by atoms with Gasteiger partial charge in [0.25, 0.3) is 0 Å². The molecule has 2 rings (SSSR count). The fourth-order valence-corrected chi connectivity index (χ4v) is 2.54. The van der Waals surface area contributed by atoms with Crippen LogP contribution in [0.25, 0.3) is 0 Å². The number of rotatable bonds is 4. The molecule has 7 heteroatoms. The van der Waals surface area contributed by atoms with E-state index in [0.29, 0.717) is 17.4 Å². The lowest BCUT2D eigenvalue weighted by Crippen LogP contribution is -2.07. The van der Waals surface area contributed by atoms with E-state index in [9.17, 15) is 0 Å². The Morgan fingerprint density at radius 1 is 1.35 bits per heavy atom. The van der Waals surface area contributed by atoms with E-state index in [0.717, 1.165) is 10.8 Å². The van der Waals surface area contributed by atoms with E-state index in [1.54, 1.807) is 11.3 Å². The Labute approximate surface area is 113 Å². The van der Waals surface area contributed by atoms with Crippen LogP contribution in [0.15, 0.2) is 18.3 Å². The van der Waals surface area contributed by atoms with Crippen molar-refractivity contribution >= 4 is 46.3 Å². The second-order valence-corrected chi connectivity index (χ2v) is 5.51. The van der Waals surface area contributed by atoms with Crippen LogP contribution >= 0.6 is 34.5 Å². The second-order valence-electron chi connectivity index (χ2n) is 3.31. The van der Waals surface area contributed by atoms with Crippen LogP contribution in [0.5, 0.6) is 0 Å². The van der Waals surface area contributed by atoms with Gasteiger partial charge in [0, 0.05) is 11.4 Å². The number of nitrogens with two attached hydrogens (primary N) is 1. The molecule has 0 aliphatic heterocycles. The maximum Gasteiger partial charge on any atom is 0.222 e. The summed E-state index contributed by atoms with van der Waals surface area (Å²) in [5.41, 5.74) is 5.48. The number of nitrogen functional groups attached to an aromatic ring is 1. The van der Waals surface area contributed by atoms with Gasteiger partial charge in [-0.3, -0.25) is 0 Å². The maximum atomic E-state index is 5.92. The van der Waals surface area contributed by atoms with E-state index in [1.807, 2.05) is 12.1 Å². The lowest BCUT2D eigenvalue weighted by Gasteiger charge is -2.06. The van der Waals surface area contributed by atoms with Crippen LogP contribution in [0, 0.1) is 0 Å². The summed E-state index contributed by atoms with van der Waals surface area (Å²) >= 11 is 13.3. The maximum absolute atomic E-state index is 5.92.